The highest BCUT2D eigenvalue weighted by molar-refractivity contribution is 9.10. The normalized spacial score (nSPS) is 10.3. The molecule has 0 unspecified atom stereocenters. The lowest BCUT2D eigenvalue weighted by molar-refractivity contribution is 1.06. The van der Waals surface area contributed by atoms with E-state index >= 15 is 0 Å². The molecule has 1 heterocycles. The Morgan fingerprint density at radius 3 is 2.04 bits per heavy atom. The maximum atomic E-state index is 4.47. The van der Waals surface area contributed by atoms with Gasteiger partial charge in [0.1, 0.15) is 5.69 Å². The molecule has 0 aliphatic heterocycles. The van der Waals surface area contributed by atoms with Gasteiger partial charge in [-0.1, -0.05) is 70.5 Å². The standard InChI is InChI=1S/C20H14BrN3.ClH/c21-15-10-12-16(13-11-15)22-20-18-9-5-4-8-17(18)19(23-24-20)14-6-2-1-3-7-14;/h1-13H,(H,22,24);1H. The summed E-state index contributed by atoms with van der Waals surface area (Å²) in [5.74, 6) is 0.757. The van der Waals surface area contributed by atoms with Gasteiger partial charge in [-0.05, 0) is 24.3 Å². The summed E-state index contributed by atoms with van der Waals surface area (Å²) < 4.78 is 1.04. The fraction of sp³-hybridized carbons (Fsp3) is 0. The van der Waals surface area contributed by atoms with Crippen molar-refractivity contribution < 1.29 is 0 Å². The first-order chi connectivity index (χ1) is 11.8. The first-order valence-electron chi connectivity index (χ1n) is 7.65. The molecule has 0 saturated heterocycles. The Morgan fingerprint density at radius 1 is 0.680 bits per heavy atom. The van der Waals surface area contributed by atoms with Gasteiger partial charge in [0.15, 0.2) is 5.82 Å². The van der Waals surface area contributed by atoms with Crippen LogP contribution in [0.15, 0.2) is 83.3 Å². The second-order valence-corrected chi connectivity index (χ2v) is 6.36. The Kier molecular flexibility index (Phi) is 5.31. The molecule has 124 valence electrons. The lowest BCUT2D eigenvalue weighted by Crippen LogP contribution is -1.99. The van der Waals surface area contributed by atoms with Gasteiger partial charge >= 0.3 is 0 Å². The minimum atomic E-state index is 0. The number of rotatable bonds is 3. The number of hydrogen-bond donors (Lipinski definition) is 1. The molecular formula is C20H15BrClN3. The molecule has 0 radical (unpaired) electrons. The van der Waals surface area contributed by atoms with Crippen molar-refractivity contribution in [3.05, 3.63) is 83.3 Å². The summed E-state index contributed by atoms with van der Waals surface area (Å²) in [7, 11) is 0. The lowest BCUT2D eigenvalue weighted by atomic mass is 10.0. The molecule has 0 amide bonds. The van der Waals surface area contributed by atoms with Crippen LogP contribution in [0.5, 0.6) is 0 Å². The number of benzene rings is 3. The summed E-state index contributed by atoms with van der Waals surface area (Å²) >= 11 is 3.45. The van der Waals surface area contributed by atoms with Gasteiger partial charge in [0, 0.05) is 26.5 Å². The van der Waals surface area contributed by atoms with Crippen LogP contribution in [0.4, 0.5) is 11.5 Å². The molecule has 0 fully saturated rings. The van der Waals surface area contributed by atoms with Crippen LogP contribution in [-0.4, -0.2) is 10.2 Å². The van der Waals surface area contributed by atoms with Crippen LogP contribution >= 0.6 is 28.3 Å². The van der Waals surface area contributed by atoms with E-state index in [1.807, 2.05) is 54.6 Å². The monoisotopic (exact) mass is 411 g/mol. The molecule has 1 N–H and O–H groups in total. The van der Waals surface area contributed by atoms with Crippen molar-refractivity contribution in [1.29, 1.82) is 0 Å². The highest BCUT2D eigenvalue weighted by Crippen LogP contribution is 2.31. The molecule has 0 spiro atoms. The Morgan fingerprint density at radius 2 is 1.32 bits per heavy atom. The molecule has 0 aliphatic carbocycles. The Balaban J connectivity index is 0.00000182. The van der Waals surface area contributed by atoms with Crippen LogP contribution in [0, 0.1) is 0 Å². The molecule has 4 aromatic rings. The maximum Gasteiger partial charge on any atom is 0.161 e. The molecule has 25 heavy (non-hydrogen) atoms. The zero-order chi connectivity index (χ0) is 16.4. The summed E-state index contributed by atoms with van der Waals surface area (Å²) in [6.07, 6.45) is 0. The molecule has 0 aliphatic rings. The summed E-state index contributed by atoms with van der Waals surface area (Å²) in [4.78, 5) is 0. The van der Waals surface area contributed by atoms with E-state index in [9.17, 15) is 0 Å². The molecule has 0 saturated carbocycles. The largest absolute Gasteiger partial charge is 0.338 e. The first-order valence-corrected chi connectivity index (χ1v) is 8.44. The highest BCUT2D eigenvalue weighted by Gasteiger charge is 2.10. The van der Waals surface area contributed by atoms with E-state index in [0.29, 0.717) is 0 Å². The molecule has 0 atom stereocenters. The zero-order valence-corrected chi connectivity index (χ0v) is 15.6. The summed E-state index contributed by atoms with van der Waals surface area (Å²) in [5.41, 5.74) is 2.94. The van der Waals surface area contributed by atoms with Crippen LogP contribution in [0.1, 0.15) is 0 Å². The summed E-state index contributed by atoms with van der Waals surface area (Å²) in [6, 6.07) is 26.3. The summed E-state index contributed by atoms with van der Waals surface area (Å²) in [5, 5.41) is 14.4. The average molecular weight is 413 g/mol. The SMILES string of the molecule is Brc1ccc(Nc2nnc(-c3ccccc3)c3ccccc23)cc1.Cl. The van der Waals surface area contributed by atoms with E-state index in [0.717, 1.165) is 38.0 Å². The maximum absolute atomic E-state index is 4.47. The van der Waals surface area contributed by atoms with Crippen molar-refractivity contribution in [3.63, 3.8) is 0 Å². The second kappa shape index (κ2) is 7.64. The van der Waals surface area contributed by atoms with E-state index in [2.05, 4.69) is 55.7 Å². The van der Waals surface area contributed by atoms with Crippen LogP contribution < -0.4 is 5.32 Å². The molecule has 3 aromatic carbocycles. The Labute approximate surface area is 160 Å². The highest BCUT2D eigenvalue weighted by atomic mass is 79.9. The minimum Gasteiger partial charge on any atom is -0.338 e. The number of hydrogen-bond acceptors (Lipinski definition) is 3. The van der Waals surface area contributed by atoms with Gasteiger partial charge in [-0.2, -0.15) is 0 Å². The van der Waals surface area contributed by atoms with Gasteiger partial charge in [-0.25, -0.2) is 0 Å². The summed E-state index contributed by atoms with van der Waals surface area (Å²) in [6.45, 7) is 0. The number of anilines is 2. The number of nitrogens with one attached hydrogen (secondary N) is 1. The van der Waals surface area contributed by atoms with Gasteiger partial charge in [-0.15, -0.1) is 22.6 Å². The van der Waals surface area contributed by atoms with Gasteiger partial charge < -0.3 is 5.32 Å². The molecule has 4 rings (SSSR count). The number of aromatic nitrogens is 2. The Bertz CT molecular complexity index is 989. The van der Waals surface area contributed by atoms with E-state index in [-0.39, 0.29) is 12.4 Å². The Hall–Kier alpha value is -2.43. The number of fused-ring (bicyclic) bond motifs is 1. The fourth-order valence-corrected chi connectivity index (χ4v) is 2.94. The quantitative estimate of drug-likeness (QED) is 0.434. The zero-order valence-electron chi connectivity index (χ0n) is 13.2. The number of halogens is 2. The van der Waals surface area contributed by atoms with Crippen LogP contribution in [-0.2, 0) is 0 Å². The third kappa shape index (κ3) is 3.65. The second-order valence-electron chi connectivity index (χ2n) is 5.44. The molecule has 0 bridgehead atoms. The molecule has 5 heteroatoms. The van der Waals surface area contributed by atoms with Crippen molar-refractivity contribution in [3.8, 4) is 11.3 Å². The topological polar surface area (TPSA) is 37.8 Å². The van der Waals surface area contributed by atoms with Gasteiger partial charge in [0.2, 0.25) is 0 Å². The van der Waals surface area contributed by atoms with Crippen molar-refractivity contribution in [1.82, 2.24) is 10.2 Å². The smallest absolute Gasteiger partial charge is 0.161 e. The van der Waals surface area contributed by atoms with E-state index in [1.165, 1.54) is 0 Å². The molecule has 1 aromatic heterocycles. The van der Waals surface area contributed by atoms with Crippen LogP contribution in [0.3, 0.4) is 0 Å². The van der Waals surface area contributed by atoms with Gasteiger partial charge in [0.05, 0.1) is 0 Å². The first kappa shape index (κ1) is 17.4. The fourth-order valence-electron chi connectivity index (χ4n) is 2.68. The molecular weight excluding hydrogens is 398 g/mol. The van der Waals surface area contributed by atoms with Crippen molar-refractivity contribution >= 4 is 50.6 Å². The average Bonchev–Trinajstić information content (AvgIpc) is 2.64. The van der Waals surface area contributed by atoms with Crippen LogP contribution in [0.25, 0.3) is 22.0 Å². The van der Waals surface area contributed by atoms with Gasteiger partial charge in [0.25, 0.3) is 0 Å². The van der Waals surface area contributed by atoms with E-state index < -0.39 is 0 Å². The predicted octanol–water partition coefficient (Wildman–Crippen LogP) is 6.22. The van der Waals surface area contributed by atoms with Crippen molar-refractivity contribution in [2.45, 2.75) is 0 Å². The predicted molar refractivity (Wildman–Crippen MR) is 110 cm³/mol. The van der Waals surface area contributed by atoms with Gasteiger partial charge in [-0.3, -0.25) is 0 Å². The van der Waals surface area contributed by atoms with Crippen LogP contribution in [0.2, 0.25) is 0 Å². The lowest BCUT2D eigenvalue weighted by Gasteiger charge is -2.11. The van der Waals surface area contributed by atoms with Crippen molar-refractivity contribution in [2.75, 3.05) is 5.32 Å². The third-order valence-electron chi connectivity index (χ3n) is 3.84. The molecule has 3 nitrogen and oxygen atoms in total. The number of nitrogens with zero attached hydrogens (tertiary/aromatic N) is 2. The van der Waals surface area contributed by atoms with E-state index in [1.54, 1.807) is 0 Å². The van der Waals surface area contributed by atoms with E-state index in [4.69, 9.17) is 0 Å². The minimum absolute atomic E-state index is 0. The van der Waals surface area contributed by atoms with Crippen molar-refractivity contribution in [2.24, 2.45) is 0 Å². The third-order valence-corrected chi connectivity index (χ3v) is 4.37.